The van der Waals surface area contributed by atoms with Gasteiger partial charge in [-0.25, -0.2) is 0 Å². The average molecular weight is 354 g/mol. The number of nitrogens with zero attached hydrogens (tertiary/aromatic N) is 3. The van der Waals surface area contributed by atoms with Gasteiger partial charge in [0.25, 0.3) is 0 Å². The topological polar surface area (TPSA) is 65.1 Å². The van der Waals surface area contributed by atoms with Crippen LogP contribution in [0.25, 0.3) is 0 Å². The molecule has 0 radical (unpaired) electrons. The van der Waals surface area contributed by atoms with Crippen LogP contribution in [0.2, 0.25) is 0 Å². The largest absolute Gasteiger partial charge is 0.379 e. The summed E-state index contributed by atoms with van der Waals surface area (Å²) in [6.45, 7) is 10.4. The van der Waals surface area contributed by atoms with E-state index in [0.717, 1.165) is 52.2 Å². The molecular formula is C18H34N4O3. The Kier molecular flexibility index (Phi) is 7.22. The molecule has 2 saturated heterocycles. The fourth-order valence-electron chi connectivity index (χ4n) is 3.56. The predicted molar refractivity (Wildman–Crippen MR) is 97.3 cm³/mol. The average Bonchev–Trinajstić information content (AvgIpc) is 2.61. The lowest BCUT2D eigenvalue weighted by molar-refractivity contribution is -0.134. The van der Waals surface area contributed by atoms with Gasteiger partial charge in [0.2, 0.25) is 11.8 Å². The molecule has 0 aromatic rings. The summed E-state index contributed by atoms with van der Waals surface area (Å²) >= 11 is 0. The molecule has 0 saturated carbocycles. The summed E-state index contributed by atoms with van der Waals surface area (Å²) in [6, 6.07) is 0. The van der Waals surface area contributed by atoms with Crippen molar-refractivity contribution in [1.29, 1.82) is 0 Å². The zero-order chi connectivity index (χ0) is 18.4. The molecule has 2 aliphatic heterocycles. The van der Waals surface area contributed by atoms with E-state index in [1.165, 1.54) is 0 Å². The minimum Gasteiger partial charge on any atom is -0.379 e. The van der Waals surface area contributed by atoms with Crippen molar-refractivity contribution in [3.8, 4) is 0 Å². The monoisotopic (exact) mass is 354 g/mol. The van der Waals surface area contributed by atoms with E-state index in [4.69, 9.17) is 4.74 Å². The molecular weight excluding hydrogens is 320 g/mol. The molecule has 7 nitrogen and oxygen atoms in total. The summed E-state index contributed by atoms with van der Waals surface area (Å²) in [5, 5.41) is 3.08. The normalized spacial score (nSPS) is 21.1. The van der Waals surface area contributed by atoms with Crippen LogP contribution < -0.4 is 5.32 Å². The Hall–Kier alpha value is -1.18. The van der Waals surface area contributed by atoms with Crippen LogP contribution in [0.5, 0.6) is 0 Å². The summed E-state index contributed by atoms with van der Waals surface area (Å²) < 4.78 is 5.40. The van der Waals surface area contributed by atoms with Crippen LogP contribution in [-0.4, -0.2) is 98.6 Å². The molecule has 0 unspecified atom stereocenters. The quantitative estimate of drug-likeness (QED) is 0.728. The molecule has 0 atom stereocenters. The molecule has 2 heterocycles. The van der Waals surface area contributed by atoms with Gasteiger partial charge in [-0.1, -0.05) is 0 Å². The Labute approximate surface area is 151 Å². The van der Waals surface area contributed by atoms with Crippen LogP contribution in [-0.2, 0) is 14.3 Å². The first-order valence-corrected chi connectivity index (χ1v) is 9.32. The van der Waals surface area contributed by atoms with E-state index in [0.29, 0.717) is 13.1 Å². The smallest absolute Gasteiger partial charge is 0.234 e. The van der Waals surface area contributed by atoms with E-state index in [1.54, 1.807) is 19.0 Å². The molecule has 2 rings (SSSR count). The molecule has 0 aliphatic carbocycles. The SMILES string of the molecule is CN(C)C(=O)C1CCN(CC(=O)NCC(C)(C)N2CCOCC2)CC1. The molecule has 0 aromatic carbocycles. The fourth-order valence-corrected chi connectivity index (χ4v) is 3.56. The molecule has 0 bridgehead atoms. The van der Waals surface area contributed by atoms with Gasteiger partial charge in [0, 0.05) is 45.2 Å². The maximum Gasteiger partial charge on any atom is 0.234 e. The lowest BCUT2D eigenvalue weighted by Crippen LogP contribution is -2.56. The Morgan fingerprint density at radius 3 is 2.28 bits per heavy atom. The highest BCUT2D eigenvalue weighted by Gasteiger charge is 2.30. The van der Waals surface area contributed by atoms with Gasteiger partial charge in [-0.15, -0.1) is 0 Å². The molecule has 25 heavy (non-hydrogen) atoms. The summed E-state index contributed by atoms with van der Waals surface area (Å²) in [5.41, 5.74) is -0.0649. The van der Waals surface area contributed by atoms with Gasteiger partial charge in [0.15, 0.2) is 0 Å². The third-order valence-corrected chi connectivity index (χ3v) is 5.33. The van der Waals surface area contributed by atoms with Crippen LogP contribution in [0.15, 0.2) is 0 Å². The molecule has 144 valence electrons. The van der Waals surface area contributed by atoms with Crippen molar-refractivity contribution >= 4 is 11.8 Å². The van der Waals surface area contributed by atoms with E-state index < -0.39 is 0 Å². The van der Waals surface area contributed by atoms with E-state index in [-0.39, 0.29) is 23.3 Å². The predicted octanol–water partition coefficient (Wildman–Crippen LogP) is 0.0136. The highest BCUT2D eigenvalue weighted by atomic mass is 16.5. The van der Waals surface area contributed by atoms with Crippen LogP contribution in [0, 0.1) is 5.92 Å². The minimum absolute atomic E-state index is 0.0649. The van der Waals surface area contributed by atoms with Crippen molar-refractivity contribution < 1.29 is 14.3 Å². The number of likely N-dealkylation sites (tertiary alicyclic amines) is 1. The second kappa shape index (κ2) is 8.96. The Morgan fingerprint density at radius 2 is 1.72 bits per heavy atom. The number of hydrogen-bond donors (Lipinski definition) is 1. The second-order valence-electron chi connectivity index (χ2n) is 7.97. The molecule has 2 fully saturated rings. The highest BCUT2D eigenvalue weighted by Crippen LogP contribution is 2.19. The van der Waals surface area contributed by atoms with Crippen LogP contribution in [0.4, 0.5) is 0 Å². The molecule has 0 aromatic heterocycles. The van der Waals surface area contributed by atoms with E-state index in [1.807, 2.05) is 0 Å². The molecule has 1 N–H and O–H groups in total. The third-order valence-electron chi connectivity index (χ3n) is 5.33. The number of carbonyl (C=O) groups is 2. The standard InChI is InChI=1S/C18H34N4O3/c1-18(2,22-9-11-25-12-10-22)14-19-16(23)13-21-7-5-15(6-8-21)17(24)20(3)4/h15H,5-14H2,1-4H3,(H,19,23). The summed E-state index contributed by atoms with van der Waals surface area (Å²) in [6.07, 6.45) is 1.67. The first-order valence-electron chi connectivity index (χ1n) is 9.32. The summed E-state index contributed by atoms with van der Waals surface area (Å²) in [7, 11) is 3.61. The number of nitrogens with one attached hydrogen (secondary N) is 1. The van der Waals surface area contributed by atoms with Crippen molar-refractivity contribution in [2.75, 3.05) is 66.6 Å². The lowest BCUT2D eigenvalue weighted by Gasteiger charge is -2.41. The van der Waals surface area contributed by atoms with Gasteiger partial charge < -0.3 is 15.0 Å². The number of morpholine rings is 1. The van der Waals surface area contributed by atoms with Gasteiger partial charge in [-0.2, -0.15) is 0 Å². The number of carbonyl (C=O) groups excluding carboxylic acids is 2. The van der Waals surface area contributed by atoms with Gasteiger partial charge in [0.1, 0.15) is 0 Å². The van der Waals surface area contributed by atoms with Crippen molar-refractivity contribution in [1.82, 2.24) is 20.0 Å². The summed E-state index contributed by atoms with van der Waals surface area (Å²) in [5.74, 6) is 0.379. The molecule has 2 aliphatic rings. The van der Waals surface area contributed by atoms with Gasteiger partial charge >= 0.3 is 0 Å². The van der Waals surface area contributed by atoms with Crippen molar-refractivity contribution in [3.05, 3.63) is 0 Å². The Bertz CT molecular complexity index is 453. The maximum atomic E-state index is 12.3. The van der Waals surface area contributed by atoms with Crippen LogP contribution >= 0.6 is 0 Å². The van der Waals surface area contributed by atoms with Gasteiger partial charge in [0.05, 0.1) is 19.8 Å². The summed E-state index contributed by atoms with van der Waals surface area (Å²) in [4.78, 5) is 30.5. The number of hydrogen-bond acceptors (Lipinski definition) is 5. The maximum absolute atomic E-state index is 12.3. The van der Waals surface area contributed by atoms with Crippen molar-refractivity contribution in [2.24, 2.45) is 5.92 Å². The number of ether oxygens (including phenoxy) is 1. The molecule has 0 spiro atoms. The van der Waals surface area contributed by atoms with Crippen LogP contribution in [0.3, 0.4) is 0 Å². The minimum atomic E-state index is -0.0649. The Morgan fingerprint density at radius 1 is 1.12 bits per heavy atom. The first kappa shape index (κ1) is 20.1. The van der Waals surface area contributed by atoms with E-state index in [9.17, 15) is 9.59 Å². The van der Waals surface area contributed by atoms with Gasteiger partial charge in [-0.3, -0.25) is 19.4 Å². The number of piperidine rings is 1. The molecule has 2 amide bonds. The Balaban J connectivity index is 1.69. The molecule has 7 heteroatoms. The van der Waals surface area contributed by atoms with E-state index >= 15 is 0 Å². The second-order valence-corrected chi connectivity index (χ2v) is 7.97. The lowest BCUT2D eigenvalue weighted by atomic mass is 9.95. The first-order chi connectivity index (χ1) is 11.8. The van der Waals surface area contributed by atoms with E-state index in [2.05, 4.69) is 29.0 Å². The van der Waals surface area contributed by atoms with Crippen LogP contribution in [0.1, 0.15) is 26.7 Å². The number of rotatable bonds is 6. The fraction of sp³-hybridized carbons (Fsp3) is 0.889. The van der Waals surface area contributed by atoms with Crippen molar-refractivity contribution in [3.63, 3.8) is 0 Å². The highest BCUT2D eigenvalue weighted by molar-refractivity contribution is 5.79. The zero-order valence-corrected chi connectivity index (χ0v) is 16.2. The van der Waals surface area contributed by atoms with Crippen molar-refractivity contribution in [2.45, 2.75) is 32.2 Å². The zero-order valence-electron chi connectivity index (χ0n) is 16.2. The number of amides is 2. The third kappa shape index (κ3) is 5.94. The van der Waals surface area contributed by atoms with Gasteiger partial charge in [-0.05, 0) is 39.8 Å².